The van der Waals surface area contributed by atoms with Crippen molar-refractivity contribution in [3.05, 3.63) is 65.7 Å². The smallest absolute Gasteiger partial charge is 0.272 e. The molecule has 1 aromatic heterocycles. The number of imidazole rings is 1. The minimum atomic E-state index is -0.0668. The number of hydrogen-bond donors (Lipinski definition) is 1. The molecule has 26 heavy (non-hydrogen) atoms. The highest BCUT2D eigenvalue weighted by atomic mass is 16.2. The molecule has 1 N–H and O–H groups in total. The summed E-state index contributed by atoms with van der Waals surface area (Å²) < 4.78 is 0. The van der Waals surface area contributed by atoms with Crippen LogP contribution in [-0.2, 0) is 0 Å². The molecule has 0 radical (unpaired) electrons. The lowest BCUT2D eigenvalue weighted by Crippen LogP contribution is -2.50. The van der Waals surface area contributed by atoms with Crippen LogP contribution in [0.4, 0.5) is 0 Å². The van der Waals surface area contributed by atoms with Crippen molar-refractivity contribution in [1.82, 2.24) is 19.8 Å². The van der Waals surface area contributed by atoms with Crippen molar-refractivity contribution in [2.24, 2.45) is 0 Å². The van der Waals surface area contributed by atoms with Gasteiger partial charge in [0.1, 0.15) is 11.5 Å². The summed E-state index contributed by atoms with van der Waals surface area (Å²) in [5.74, 6) is 0.673. The zero-order valence-corrected chi connectivity index (χ0v) is 14.6. The topological polar surface area (TPSA) is 69.3 Å². The molecule has 0 atom stereocenters. The fraction of sp³-hybridized carbons (Fsp3) is 0.250. The maximum atomic E-state index is 13.0. The lowest BCUT2D eigenvalue weighted by atomic mass is 10.0. The molecule has 2 aromatic carbocycles. The molecule has 6 heteroatoms. The third-order valence-electron chi connectivity index (χ3n) is 4.81. The molecule has 1 saturated heterocycles. The first-order valence-corrected chi connectivity index (χ1v) is 8.71. The van der Waals surface area contributed by atoms with Gasteiger partial charge in [-0.05, 0) is 23.8 Å². The number of carbonyl (C=O) groups is 2. The van der Waals surface area contributed by atoms with E-state index in [2.05, 4.69) is 9.97 Å². The summed E-state index contributed by atoms with van der Waals surface area (Å²) in [6.07, 6.45) is 1.56. The van der Waals surface area contributed by atoms with Crippen molar-refractivity contribution in [1.29, 1.82) is 0 Å². The number of rotatable bonds is 2. The van der Waals surface area contributed by atoms with Crippen LogP contribution in [0.15, 0.2) is 48.7 Å². The number of nitrogens with zero attached hydrogens (tertiary/aromatic N) is 3. The van der Waals surface area contributed by atoms with Crippen LogP contribution in [0.5, 0.6) is 0 Å². The number of aromatic amines is 1. The Bertz CT molecular complexity index is 965. The van der Waals surface area contributed by atoms with Gasteiger partial charge in [-0.25, -0.2) is 4.98 Å². The van der Waals surface area contributed by atoms with Crippen LogP contribution < -0.4 is 0 Å². The molecule has 6 nitrogen and oxygen atoms in total. The van der Waals surface area contributed by atoms with E-state index in [9.17, 15) is 9.59 Å². The minimum absolute atomic E-state index is 0.0197. The van der Waals surface area contributed by atoms with Gasteiger partial charge >= 0.3 is 0 Å². The van der Waals surface area contributed by atoms with Crippen LogP contribution in [0, 0.1) is 6.92 Å². The van der Waals surface area contributed by atoms with Crippen molar-refractivity contribution in [3.8, 4) is 0 Å². The van der Waals surface area contributed by atoms with Gasteiger partial charge in [0, 0.05) is 31.7 Å². The van der Waals surface area contributed by atoms with Gasteiger partial charge in [0.2, 0.25) is 0 Å². The van der Waals surface area contributed by atoms with E-state index in [1.54, 1.807) is 11.1 Å². The second-order valence-corrected chi connectivity index (χ2v) is 6.49. The first-order valence-electron chi connectivity index (χ1n) is 8.71. The highest BCUT2D eigenvalue weighted by Crippen LogP contribution is 2.21. The van der Waals surface area contributed by atoms with Crippen molar-refractivity contribution < 1.29 is 9.59 Å². The molecule has 0 spiro atoms. The number of hydrogen-bond acceptors (Lipinski definition) is 3. The highest BCUT2D eigenvalue weighted by Gasteiger charge is 2.26. The molecule has 1 fully saturated rings. The van der Waals surface area contributed by atoms with Crippen LogP contribution in [-0.4, -0.2) is 57.8 Å². The van der Waals surface area contributed by atoms with Gasteiger partial charge in [0.05, 0.1) is 6.20 Å². The maximum absolute atomic E-state index is 13.0. The van der Waals surface area contributed by atoms with Crippen molar-refractivity contribution >= 4 is 22.6 Å². The van der Waals surface area contributed by atoms with E-state index in [0.29, 0.717) is 37.4 Å². The van der Waals surface area contributed by atoms with Crippen molar-refractivity contribution in [2.45, 2.75) is 6.92 Å². The molecule has 2 amide bonds. The average Bonchev–Trinajstić information content (AvgIpc) is 3.13. The van der Waals surface area contributed by atoms with Crippen LogP contribution in [0.1, 0.15) is 26.7 Å². The molecular formula is C20H20N4O2. The Kier molecular flexibility index (Phi) is 4.16. The fourth-order valence-electron chi connectivity index (χ4n) is 3.39. The number of H-pyrrole nitrogens is 1. The van der Waals surface area contributed by atoms with Gasteiger partial charge in [-0.2, -0.15) is 0 Å². The van der Waals surface area contributed by atoms with Crippen LogP contribution in [0.25, 0.3) is 10.8 Å². The summed E-state index contributed by atoms with van der Waals surface area (Å²) in [7, 11) is 0. The van der Waals surface area contributed by atoms with Gasteiger partial charge < -0.3 is 14.8 Å². The van der Waals surface area contributed by atoms with E-state index >= 15 is 0 Å². The Labute approximate surface area is 151 Å². The molecular weight excluding hydrogens is 328 g/mol. The first-order chi connectivity index (χ1) is 12.6. The third-order valence-corrected chi connectivity index (χ3v) is 4.81. The number of aromatic nitrogens is 2. The monoisotopic (exact) mass is 348 g/mol. The summed E-state index contributed by atoms with van der Waals surface area (Å²) in [4.78, 5) is 36.1. The Balaban J connectivity index is 1.47. The Morgan fingerprint density at radius 2 is 1.58 bits per heavy atom. The Morgan fingerprint density at radius 1 is 0.923 bits per heavy atom. The molecule has 1 aliphatic heterocycles. The van der Waals surface area contributed by atoms with E-state index < -0.39 is 0 Å². The maximum Gasteiger partial charge on any atom is 0.272 e. The summed E-state index contributed by atoms with van der Waals surface area (Å²) in [6, 6.07) is 13.7. The largest absolute Gasteiger partial charge is 0.338 e. The average molecular weight is 348 g/mol. The van der Waals surface area contributed by atoms with E-state index in [-0.39, 0.29) is 11.8 Å². The molecule has 0 aliphatic carbocycles. The van der Waals surface area contributed by atoms with Crippen LogP contribution >= 0.6 is 0 Å². The van der Waals surface area contributed by atoms with Gasteiger partial charge in [-0.1, -0.05) is 36.4 Å². The SMILES string of the molecule is Cc1ncc(C(=O)N2CCN(C(=O)c3cccc4ccccc34)CC2)[nH]1. The number of benzene rings is 2. The quantitative estimate of drug-likeness (QED) is 0.773. The Morgan fingerprint density at radius 3 is 2.27 bits per heavy atom. The van der Waals surface area contributed by atoms with Crippen molar-refractivity contribution in [2.75, 3.05) is 26.2 Å². The molecule has 4 rings (SSSR count). The van der Waals surface area contributed by atoms with Crippen molar-refractivity contribution in [3.63, 3.8) is 0 Å². The third kappa shape index (κ3) is 2.94. The first kappa shape index (κ1) is 16.3. The second-order valence-electron chi connectivity index (χ2n) is 6.49. The highest BCUT2D eigenvalue weighted by molar-refractivity contribution is 6.07. The van der Waals surface area contributed by atoms with E-state index in [0.717, 1.165) is 16.6 Å². The van der Waals surface area contributed by atoms with E-state index in [4.69, 9.17) is 0 Å². The molecule has 0 bridgehead atoms. The molecule has 1 aliphatic rings. The fourth-order valence-corrected chi connectivity index (χ4v) is 3.39. The lowest BCUT2D eigenvalue weighted by molar-refractivity contribution is 0.0533. The van der Waals surface area contributed by atoms with E-state index in [1.807, 2.05) is 54.3 Å². The normalized spacial score (nSPS) is 14.7. The number of fused-ring (bicyclic) bond motifs is 1. The predicted molar refractivity (Wildman–Crippen MR) is 99.1 cm³/mol. The minimum Gasteiger partial charge on any atom is -0.338 e. The van der Waals surface area contributed by atoms with E-state index in [1.165, 1.54) is 0 Å². The standard InChI is InChI=1S/C20H20N4O2/c1-14-21-13-18(22-14)20(26)24-11-9-23(10-12-24)19(25)17-8-4-6-15-5-2-3-7-16(15)17/h2-8,13H,9-12H2,1H3,(H,21,22). The summed E-state index contributed by atoms with van der Waals surface area (Å²) >= 11 is 0. The van der Waals surface area contributed by atoms with Gasteiger partial charge in [0.15, 0.2) is 0 Å². The Hall–Kier alpha value is -3.15. The summed E-state index contributed by atoms with van der Waals surface area (Å²) in [6.45, 7) is 3.92. The molecule has 2 heterocycles. The second kappa shape index (κ2) is 6.63. The molecule has 0 unspecified atom stereocenters. The molecule has 132 valence electrons. The summed E-state index contributed by atoms with van der Waals surface area (Å²) in [5.41, 5.74) is 1.21. The predicted octanol–water partition coefficient (Wildman–Crippen LogP) is 2.47. The lowest BCUT2D eigenvalue weighted by Gasteiger charge is -2.34. The number of carbonyl (C=O) groups excluding carboxylic acids is 2. The van der Waals surface area contributed by atoms with Gasteiger partial charge in [0.25, 0.3) is 11.8 Å². The number of nitrogens with one attached hydrogen (secondary N) is 1. The molecule has 3 aromatic rings. The number of piperazine rings is 1. The molecule has 0 saturated carbocycles. The zero-order valence-electron chi connectivity index (χ0n) is 14.6. The van der Waals surface area contributed by atoms with Crippen LogP contribution in [0.3, 0.4) is 0 Å². The van der Waals surface area contributed by atoms with Crippen LogP contribution in [0.2, 0.25) is 0 Å². The number of amides is 2. The summed E-state index contributed by atoms with van der Waals surface area (Å²) in [5, 5.41) is 2.02. The number of aryl methyl sites for hydroxylation is 1. The van der Waals surface area contributed by atoms with Gasteiger partial charge in [-0.3, -0.25) is 9.59 Å². The van der Waals surface area contributed by atoms with Gasteiger partial charge in [-0.15, -0.1) is 0 Å². The zero-order chi connectivity index (χ0) is 18.1.